The van der Waals surface area contributed by atoms with Crippen molar-refractivity contribution in [1.29, 1.82) is 0 Å². The van der Waals surface area contributed by atoms with Crippen LogP contribution in [0.4, 0.5) is 0 Å². The van der Waals surface area contributed by atoms with Crippen LogP contribution in [0.25, 0.3) is 0 Å². The molecule has 3 nitrogen and oxygen atoms in total. The molecule has 0 atom stereocenters. The first-order valence-electron chi connectivity index (χ1n) is 7.11. The van der Waals surface area contributed by atoms with Gasteiger partial charge in [0.05, 0.1) is 17.3 Å². The first-order chi connectivity index (χ1) is 8.83. The summed E-state index contributed by atoms with van der Waals surface area (Å²) in [6, 6.07) is 0.661. The predicted octanol–water partition coefficient (Wildman–Crippen LogP) is 2.83. The van der Waals surface area contributed by atoms with Gasteiger partial charge in [-0.15, -0.1) is 11.3 Å². The standard InChI is InChI=1S/C14H24N2OS/c1-2-5-14-15-12(11-18-14)10-16(8-9-17)13-6-3-4-7-13/h11,13,17H,2-10H2,1H3. The van der Waals surface area contributed by atoms with E-state index in [9.17, 15) is 5.11 Å². The Labute approximate surface area is 114 Å². The highest BCUT2D eigenvalue weighted by molar-refractivity contribution is 7.09. The molecule has 18 heavy (non-hydrogen) atoms. The monoisotopic (exact) mass is 268 g/mol. The summed E-state index contributed by atoms with van der Waals surface area (Å²) in [5.41, 5.74) is 1.18. The molecule has 1 aliphatic carbocycles. The van der Waals surface area contributed by atoms with Crippen LogP contribution in [-0.2, 0) is 13.0 Å². The van der Waals surface area contributed by atoms with Crippen LogP contribution in [0, 0.1) is 0 Å². The van der Waals surface area contributed by atoms with Gasteiger partial charge in [0.2, 0.25) is 0 Å². The molecule has 4 heteroatoms. The number of hydrogen-bond donors (Lipinski definition) is 1. The quantitative estimate of drug-likeness (QED) is 0.826. The van der Waals surface area contributed by atoms with Gasteiger partial charge in [-0.25, -0.2) is 4.98 Å². The second-order valence-corrected chi connectivity index (χ2v) is 6.06. The van der Waals surface area contributed by atoms with Crippen LogP contribution in [0.1, 0.15) is 49.7 Å². The highest BCUT2D eigenvalue weighted by Gasteiger charge is 2.22. The highest BCUT2D eigenvalue weighted by atomic mass is 32.1. The molecule has 1 N–H and O–H groups in total. The Balaban J connectivity index is 1.93. The lowest BCUT2D eigenvalue weighted by atomic mass is 10.2. The molecule has 102 valence electrons. The third-order valence-corrected chi connectivity index (χ3v) is 4.61. The molecule has 0 aromatic carbocycles. The fraction of sp³-hybridized carbons (Fsp3) is 0.786. The maximum absolute atomic E-state index is 9.20. The van der Waals surface area contributed by atoms with Crippen molar-refractivity contribution in [2.75, 3.05) is 13.2 Å². The fourth-order valence-electron chi connectivity index (χ4n) is 2.75. The molecule has 0 spiro atoms. The van der Waals surface area contributed by atoms with E-state index >= 15 is 0 Å². The summed E-state index contributed by atoms with van der Waals surface area (Å²) in [7, 11) is 0. The van der Waals surface area contributed by atoms with Gasteiger partial charge in [0.15, 0.2) is 0 Å². The Morgan fingerprint density at radius 3 is 2.89 bits per heavy atom. The summed E-state index contributed by atoms with van der Waals surface area (Å²) < 4.78 is 0. The first-order valence-corrected chi connectivity index (χ1v) is 7.99. The van der Waals surface area contributed by atoms with E-state index in [4.69, 9.17) is 0 Å². The van der Waals surface area contributed by atoms with Crippen LogP contribution in [0.15, 0.2) is 5.38 Å². The van der Waals surface area contributed by atoms with Crippen molar-refractivity contribution < 1.29 is 5.11 Å². The summed E-state index contributed by atoms with van der Waals surface area (Å²) in [5.74, 6) is 0. The average molecular weight is 268 g/mol. The molecule has 1 saturated carbocycles. The van der Waals surface area contributed by atoms with Crippen molar-refractivity contribution in [3.8, 4) is 0 Å². The van der Waals surface area contributed by atoms with E-state index in [1.165, 1.54) is 36.4 Å². The largest absolute Gasteiger partial charge is 0.395 e. The zero-order valence-electron chi connectivity index (χ0n) is 11.3. The normalized spacial score (nSPS) is 16.8. The predicted molar refractivity (Wildman–Crippen MR) is 75.9 cm³/mol. The smallest absolute Gasteiger partial charge is 0.0928 e. The first kappa shape index (κ1) is 14.0. The third-order valence-electron chi connectivity index (χ3n) is 3.66. The summed E-state index contributed by atoms with van der Waals surface area (Å²) in [5, 5.41) is 12.6. The summed E-state index contributed by atoms with van der Waals surface area (Å²) >= 11 is 1.78. The number of aliphatic hydroxyl groups is 1. The number of hydrogen-bond acceptors (Lipinski definition) is 4. The van der Waals surface area contributed by atoms with Gasteiger partial charge in [0, 0.05) is 24.5 Å². The van der Waals surface area contributed by atoms with Crippen molar-refractivity contribution in [2.45, 2.75) is 58.0 Å². The average Bonchev–Trinajstić information content (AvgIpc) is 3.00. The minimum atomic E-state index is 0.252. The lowest BCUT2D eigenvalue weighted by molar-refractivity contribution is 0.143. The summed E-state index contributed by atoms with van der Waals surface area (Å²) in [6.45, 7) is 4.14. The van der Waals surface area contributed by atoms with Gasteiger partial charge in [-0.3, -0.25) is 4.90 Å². The Bertz CT molecular complexity index is 347. The van der Waals surface area contributed by atoms with Gasteiger partial charge >= 0.3 is 0 Å². The van der Waals surface area contributed by atoms with Crippen molar-refractivity contribution >= 4 is 11.3 Å². The van der Waals surface area contributed by atoms with Gasteiger partial charge in [0.1, 0.15) is 0 Å². The number of aromatic nitrogens is 1. The van der Waals surface area contributed by atoms with E-state index in [0.717, 1.165) is 25.9 Å². The molecule has 1 aromatic heterocycles. The minimum Gasteiger partial charge on any atom is -0.395 e. The van der Waals surface area contributed by atoms with Crippen molar-refractivity contribution in [3.05, 3.63) is 16.1 Å². The van der Waals surface area contributed by atoms with Crippen LogP contribution >= 0.6 is 11.3 Å². The highest BCUT2D eigenvalue weighted by Crippen LogP contribution is 2.25. The zero-order valence-corrected chi connectivity index (χ0v) is 12.1. The van der Waals surface area contributed by atoms with E-state index in [2.05, 4.69) is 22.2 Å². The van der Waals surface area contributed by atoms with E-state index < -0.39 is 0 Å². The number of rotatable bonds is 7. The number of thiazole rings is 1. The van der Waals surface area contributed by atoms with E-state index in [-0.39, 0.29) is 6.61 Å². The van der Waals surface area contributed by atoms with Gasteiger partial charge in [-0.1, -0.05) is 19.8 Å². The molecule has 1 fully saturated rings. The van der Waals surface area contributed by atoms with E-state index in [1.807, 2.05) is 0 Å². The van der Waals surface area contributed by atoms with E-state index in [1.54, 1.807) is 11.3 Å². The van der Waals surface area contributed by atoms with Crippen LogP contribution in [0.5, 0.6) is 0 Å². The molecular formula is C14H24N2OS. The second kappa shape index (κ2) is 7.22. The van der Waals surface area contributed by atoms with Crippen molar-refractivity contribution in [2.24, 2.45) is 0 Å². The fourth-order valence-corrected chi connectivity index (χ4v) is 3.64. The SMILES string of the molecule is CCCc1nc(CN(CCO)C2CCCC2)cs1. The lowest BCUT2D eigenvalue weighted by Crippen LogP contribution is -2.35. The molecule has 1 heterocycles. The number of aliphatic hydroxyl groups excluding tert-OH is 1. The molecule has 0 bridgehead atoms. The lowest BCUT2D eigenvalue weighted by Gasteiger charge is -2.27. The molecule has 0 saturated heterocycles. The number of aryl methyl sites for hydroxylation is 1. The Morgan fingerprint density at radius 1 is 1.44 bits per heavy atom. The zero-order chi connectivity index (χ0) is 12.8. The minimum absolute atomic E-state index is 0.252. The molecule has 1 aliphatic rings. The summed E-state index contributed by atoms with van der Waals surface area (Å²) in [4.78, 5) is 7.10. The molecule has 0 aliphatic heterocycles. The summed E-state index contributed by atoms with van der Waals surface area (Å²) in [6.07, 6.45) is 7.50. The molecular weight excluding hydrogens is 244 g/mol. The maximum Gasteiger partial charge on any atom is 0.0928 e. The van der Waals surface area contributed by atoms with Crippen LogP contribution in [0.2, 0.25) is 0 Å². The van der Waals surface area contributed by atoms with Crippen LogP contribution in [0.3, 0.4) is 0 Å². The van der Waals surface area contributed by atoms with Gasteiger partial charge in [-0.2, -0.15) is 0 Å². The molecule has 0 amide bonds. The van der Waals surface area contributed by atoms with Gasteiger partial charge < -0.3 is 5.11 Å². The van der Waals surface area contributed by atoms with Gasteiger partial charge in [0.25, 0.3) is 0 Å². The van der Waals surface area contributed by atoms with Crippen LogP contribution < -0.4 is 0 Å². The third kappa shape index (κ3) is 3.77. The second-order valence-electron chi connectivity index (χ2n) is 5.11. The van der Waals surface area contributed by atoms with Crippen LogP contribution in [-0.4, -0.2) is 34.2 Å². The number of nitrogens with zero attached hydrogens (tertiary/aromatic N) is 2. The Morgan fingerprint density at radius 2 is 2.22 bits per heavy atom. The van der Waals surface area contributed by atoms with Gasteiger partial charge in [-0.05, 0) is 25.7 Å². The van der Waals surface area contributed by atoms with E-state index in [0.29, 0.717) is 6.04 Å². The molecule has 2 rings (SSSR count). The Hall–Kier alpha value is -0.450. The molecule has 1 aromatic rings. The topological polar surface area (TPSA) is 36.4 Å². The molecule has 0 radical (unpaired) electrons. The van der Waals surface area contributed by atoms with Crippen molar-refractivity contribution in [1.82, 2.24) is 9.88 Å². The van der Waals surface area contributed by atoms with Crippen molar-refractivity contribution in [3.63, 3.8) is 0 Å². The molecule has 0 unspecified atom stereocenters. The Kier molecular flexibility index (Phi) is 5.60. The maximum atomic E-state index is 9.20.